The van der Waals surface area contributed by atoms with Crippen molar-refractivity contribution in [2.24, 2.45) is 11.8 Å². The number of carbonyl (C=O) groups excluding carboxylic acids is 2. The summed E-state index contributed by atoms with van der Waals surface area (Å²) in [6.07, 6.45) is 0.590. The Bertz CT molecular complexity index is 850. The zero-order valence-electron chi connectivity index (χ0n) is 15.3. The van der Waals surface area contributed by atoms with E-state index in [1.807, 2.05) is 51.1 Å². The number of hydrogen-bond acceptors (Lipinski definition) is 2. The van der Waals surface area contributed by atoms with Gasteiger partial charge in [-0.1, -0.05) is 29.8 Å². The van der Waals surface area contributed by atoms with Crippen LogP contribution >= 0.6 is 11.6 Å². The lowest BCUT2D eigenvalue weighted by Gasteiger charge is -2.21. The van der Waals surface area contributed by atoms with Gasteiger partial charge in [-0.2, -0.15) is 0 Å². The van der Waals surface area contributed by atoms with Gasteiger partial charge >= 0.3 is 0 Å². The van der Waals surface area contributed by atoms with Crippen molar-refractivity contribution < 1.29 is 9.59 Å². The molecule has 5 heteroatoms. The van der Waals surface area contributed by atoms with E-state index < -0.39 is 0 Å². The van der Waals surface area contributed by atoms with E-state index in [9.17, 15) is 9.59 Å². The van der Waals surface area contributed by atoms with Gasteiger partial charge in [0.15, 0.2) is 0 Å². The molecule has 2 amide bonds. The Morgan fingerprint density at radius 2 is 1.92 bits per heavy atom. The largest absolute Gasteiger partial charge is 0.326 e. The lowest BCUT2D eigenvalue weighted by atomic mass is 10.1. The van der Waals surface area contributed by atoms with Crippen LogP contribution in [0.1, 0.15) is 24.5 Å². The molecular weight excluding hydrogens is 348 g/mol. The molecule has 0 heterocycles. The number of carbonyl (C=O) groups is 2. The van der Waals surface area contributed by atoms with E-state index in [1.54, 1.807) is 17.0 Å². The molecule has 0 saturated heterocycles. The molecule has 2 aromatic carbocycles. The first kappa shape index (κ1) is 18.5. The first-order chi connectivity index (χ1) is 12.4. The van der Waals surface area contributed by atoms with E-state index in [4.69, 9.17) is 11.6 Å². The highest BCUT2D eigenvalue weighted by molar-refractivity contribution is 6.31. The first-order valence-corrected chi connectivity index (χ1v) is 9.23. The van der Waals surface area contributed by atoms with Gasteiger partial charge < -0.3 is 10.2 Å². The van der Waals surface area contributed by atoms with E-state index in [1.165, 1.54) is 0 Å². The highest BCUT2D eigenvalue weighted by Gasteiger charge is 2.49. The zero-order valence-corrected chi connectivity index (χ0v) is 16.0. The van der Waals surface area contributed by atoms with Crippen molar-refractivity contribution in [3.05, 3.63) is 58.6 Å². The molecule has 1 fully saturated rings. The smallest absolute Gasteiger partial charge is 0.230 e. The summed E-state index contributed by atoms with van der Waals surface area (Å²) in [5, 5.41) is 3.48. The third kappa shape index (κ3) is 3.91. The maximum absolute atomic E-state index is 12.9. The van der Waals surface area contributed by atoms with E-state index in [0.29, 0.717) is 23.7 Å². The van der Waals surface area contributed by atoms with Gasteiger partial charge in [-0.25, -0.2) is 0 Å². The molecule has 136 valence electrons. The Hall–Kier alpha value is -2.33. The molecule has 3 rings (SSSR count). The third-order valence-corrected chi connectivity index (χ3v) is 5.03. The van der Waals surface area contributed by atoms with Gasteiger partial charge in [-0.15, -0.1) is 0 Å². The van der Waals surface area contributed by atoms with Crippen molar-refractivity contribution in [1.82, 2.24) is 0 Å². The number of anilines is 2. The second-order valence-electron chi connectivity index (χ2n) is 6.82. The van der Waals surface area contributed by atoms with Crippen molar-refractivity contribution >= 4 is 34.8 Å². The molecule has 4 nitrogen and oxygen atoms in total. The molecule has 1 N–H and O–H groups in total. The first-order valence-electron chi connectivity index (χ1n) is 8.85. The van der Waals surface area contributed by atoms with Gasteiger partial charge in [0.05, 0.1) is 11.8 Å². The van der Waals surface area contributed by atoms with Crippen LogP contribution in [0.2, 0.25) is 5.02 Å². The van der Waals surface area contributed by atoms with Crippen molar-refractivity contribution in [3.63, 3.8) is 0 Å². The van der Waals surface area contributed by atoms with Crippen molar-refractivity contribution in [2.75, 3.05) is 16.8 Å². The fourth-order valence-electron chi connectivity index (χ4n) is 3.17. The third-order valence-electron chi connectivity index (χ3n) is 4.80. The number of nitrogens with zero attached hydrogens (tertiary/aromatic N) is 1. The molecular formula is C21H23ClN2O2. The molecule has 0 bridgehead atoms. The Balaban J connectivity index is 1.67. The standard InChI is InChI=1S/C21H23ClN2O2/c1-4-24(16-7-5-6-13(2)10-16)21(26)18-12-17(18)20(25)23-19-11-15(22)9-8-14(19)3/h5-11,17-18H,4,12H2,1-3H3,(H,23,25). The number of halogens is 1. The predicted octanol–water partition coefficient (Wildman–Crippen LogP) is 4.58. The van der Waals surface area contributed by atoms with Crippen LogP contribution in [0.3, 0.4) is 0 Å². The molecule has 1 aliphatic rings. The second-order valence-corrected chi connectivity index (χ2v) is 7.26. The van der Waals surface area contributed by atoms with Crippen LogP contribution in [0.5, 0.6) is 0 Å². The number of rotatable bonds is 5. The summed E-state index contributed by atoms with van der Waals surface area (Å²) in [5.74, 6) is -0.634. The van der Waals surface area contributed by atoms with Gasteiger partial charge in [0.2, 0.25) is 11.8 Å². The average Bonchev–Trinajstić information content (AvgIpc) is 3.40. The minimum atomic E-state index is -0.278. The molecule has 26 heavy (non-hydrogen) atoms. The van der Waals surface area contributed by atoms with E-state index in [0.717, 1.165) is 16.8 Å². The van der Waals surface area contributed by atoms with Crippen molar-refractivity contribution in [3.8, 4) is 0 Å². The van der Waals surface area contributed by atoms with Crippen LogP contribution < -0.4 is 10.2 Å². The van der Waals surface area contributed by atoms with Gasteiger partial charge in [0, 0.05) is 22.9 Å². The SMILES string of the molecule is CCN(C(=O)C1CC1C(=O)Nc1cc(Cl)ccc1C)c1cccc(C)c1. The van der Waals surface area contributed by atoms with E-state index in [-0.39, 0.29) is 23.7 Å². The van der Waals surface area contributed by atoms with Crippen LogP contribution in [0.15, 0.2) is 42.5 Å². The topological polar surface area (TPSA) is 49.4 Å². The summed E-state index contributed by atoms with van der Waals surface area (Å²) < 4.78 is 0. The highest BCUT2D eigenvalue weighted by atomic mass is 35.5. The van der Waals surface area contributed by atoms with Crippen LogP contribution in [-0.2, 0) is 9.59 Å². The summed E-state index contributed by atoms with van der Waals surface area (Å²) >= 11 is 6.00. The summed E-state index contributed by atoms with van der Waals surface area (Å²) in [4.78, 5) is 27.2. The van der Waals surface area contributed by atoms with Gasteiger partial charge in [-0.3, -0.25) is 9.59 Å². The highest BCUT2D eigenvalue weighted by Crippen LogP contribution is 2.42. The van der Waals surface area contributed by atoms with Crippen LogP contribution in [0, 0.1) is 25.7 Å². The minimum Gasteiger partial charge on any atom is -0.326 e. The van der Waals surface area contributed by atoms with Crippen LogP contribution in [-0.4, -0.2) is 18.4 Å². The van der Waals surface area contributed by atoms with Gasteiger partial charge in [0.25, 0.3) is 0 Å². The van der Waals surface area contributed by atoms with E-state index >= 15 is 0 Å². The predicted molar refractivity (Wildman–Crippen MR) is 106 cm³/mol. The summed E-state index contributed by atoms with van der Waals surface area (Å²) in [7, 11) is 0. The monoisotopic (exact) mass is 370 g/mol. The van der Waals surface area contributed by atoms with Crippen LogP contribution in [0.25, 0.3) is 0 Å². The molecule has 0 aliphatic heterocycles. The lowest BCUT2D eigenvalue weighted by molar-refractivity contribution is -0.123. The molecule has 2 atom stereocenters. The number of benzene rings is 2. The Morgan fingerprint density at radius 1 is 1.15 bits per heavy atom. The summed E-state index contributed by atoms with van der Waals surface area (Å²) in [6.45, 7) is 6.45. The minimum absolute atomic E-state index is 0.0149. The summed E-state index contributed by atoms with van der Waals surface area (Å²) in [6, 6.07) is 13.3. The van der Waals surface area contributed by atoms with Crippen LogP contribution in [0.4, 0.5) is 11.4 Å². The Kier molecular flexibility index (Phi) is 5.33. The maximum atomic E-state index is 12.9. The molecule has 1 aliphatic carbocycles. The fourth-order valence-corrected chi connectivity index (χ4v) is 3.35. The molecule has 0 radical (unpaired) electrons. The zero-order chi connectivity index (χ0) is 18.8. The van der Waals surface area contributed by atoms with Crippen molar-refractivity contribution in [2.45, 2.75) is 27.2 Å². The molecule has 1 saturated carbocycles. The molecule has 0 aromatic heterocycles. The lowest BCUT2D eigenvalue weighted by Crippen LogP contribution is -2.33. The van der Waals surface area contributed by atoms with Gasteiger partial charge in [-0.05, 0) is 62.6 Å². The number of amides is 2. The van der Waals surface area contributed by atoms with Crippen molar-refractivity contribution in [1.29, 1.82) is 0 Å². The molecule has 2 unspecified atom stereocenters. The maximum Gasteiger partial charge on any atom is 0.230 e. The van der Waals surface area contributed by atoms with Gasteiger partial charge in [0.1, 0.15) is 0 Å². The number of nitrogens with one attached hydrogen (secondary N) is 1. The van der Waals surface area contributed by atoms with E-state index in [2.05, 4.69) is 5.32 Å². The second kappa shape index (κ2) is 7.50. The fraction of sp³-hybridized carbons (Fsp3) is 0.333. The Labute approximate surface area is 159 Å². The normalized spacial score (nSPS) is 18.3. The Morgan fingerprint density at radius 3 is 2.62 bits per heavy atom. The number of hydrogen-bond donors (Lipinski definition) is 1. The summed E-state index contributed by atoms with van der Waals surface area (Å²) in [5.41, 5.74) is 3.64. The molecule has 2 aromatic rings. The quantitative estimate of drug-likeness (QED) is 0.837. The average molecular weight is 371 g/mol. The number of aryl methyl sites for hydroxylation is 2. The molecule has 0 spiro atoms.